The molecule has 0 bridgehead atoms. The number of rotatable bonds is 6. The average Bonchev–Trinajstić information content (AvgIpc) is 3.26. The molecule has 26 heavy (non-hydrogen) atoms. The van der Waals surface area contributed by atoms with E-state index in [1.54, 1.807) is 0 Å². The number of nitrogens with zero attached hydrogens (tertiary/aromatic N) is 2. The van der Waals surface area contributed by atoms with E-state index in [1.165, 1.54) is 16.7 Å². The minimum Gasteiger partial charge on any atom is -0.480 e. The lowest BCUT2D eigenvalue weighted by molar-refractivity contribution is -0.148. The molecule has 2 aliphatic rings. The van der Waals surface area contributed by atoms with Crippen molar-refractivity contribution in [2.75, 3.05) is 19.6 Å². The molecular weight excluding hydrogens is 344 g/mol. The van der Waals surface area contributed by atoms with Gasteiger partial charge in [0.05, 0.1) is 6.10 Å². The molecule has 2 aliphatic heterocycles. The Morgan fingerprint density at radius 2 is 1.69 bits per heavy atom. The summed E-state index contributed by atoms with van der Waals surface area (Å²) in [6, 6.07) is -2.54. The monoisotopic (exact) mass is 370 g/mol. The molecular formula is C16H26N4O6. The topological polar surface area (TPSA) is 153 Å². The quantitative estimate of drug-likeness (QED) is 0.417. The van der Waals surface area contributed by atoms with E-state index < -0.39 is 48.6 Å². The molecule has 2 saturated heterocycles. The number of hydrogen-bond donors (Lipinski definition) is 4. The number of aliphatic hydroxyl groups excluding tert-OH is 1. The number of likely N-dealkylation sites (tertiary alicyclic amines) is 2. The van der Waals surface area contributed by atoms with Gasteiger partial charge >= 0.3 is 5.97 Å². The third-order valence-corrected chi connectivity index (χ3v) is 4.88. The van der Waals surface area contributed by atoms with E-state index in [1.807, 2.05) is 0 Å². The van der Waals surface area contributed by atoms with Crippen LogP contribution in [0.1, 0.15) is 32.6 Å². The number of carboxylic acids is 1. The van der Waals surface area contributed by atoms with E-state index in [0.717, 1.165) is 0 Å². The lowest BCUT2D eigenvalue weighted by Crippen LogP contribution is -2.56. The Morgan fingerprint density at radius 3 is 2.27 bits per heavy atom. The van der Waals surface area contributed by atoms with E-state index in [-0.39, 0.29) is 5.91 Å². The van der Waals surface area contributed by atoms with Gasteiger partial charge < -0.3 is 31.1 Å². The second-order valence-corrected chi connectivity index (χ2v) is 6.76. The minimum atomic E-state index is -1.16. The molecule has 0 aromatic rings. The van der Waals surface area contributed by atoms with Gasteiger partial charge in [0.15, 0.2) is 0 Å². The summed E-state index contributed by atoms with van der Waals surface area (Å²) in [5, 5.41) is 20.5. The summed E-state index contributed by atoms with van der Waals surface area (Å²) in [6.07, 6.45) is 1.16. The highest BCUT2D eigenvalue weighted by Crippen LogP contribution is 2.25. The first-order valence-corrected chi connectivity index (χ1v) is 8.78. The lowest BCUT2D eigenvalue weighted by atomic mass is 10.1. The minimum absolute atomic E-state index is 0.332. The molecule has 2 heterocycles. The van der Waals surface area contributed by atoms with Crippen LogP contribution < -0.4 is 11.1 Å². The van der Waals surface area contributed by atoms with Crippen molar-refractivity contribution in [3.63, 3.8) is 0 Å². The van der Waals surface area contributed by atoms with Crippen molar-refractivity contribution in [1.29, 1.82) is 0 Å². The molecule has 146 valence electrons. The highest BCUT2D eigenvalue weighted by atomic mass is 16.4. The summed E-state index contributed by atoms with van der Waals surface area (Å²) in [5.41, 5.74) is 5.71. The predicted octanol–water partition coefficient (Wildman–Crippen LogP) is -2.12. The number of nitrogens with one attached hydrogen (secondary N) is 1. The van der Waals surface area contributed by atoms with Crippen molar-refractivity contribution in [2.45, 2.75) is 56.8 Å². The van der Waals surface area contributed by atoms with Crippen molar-refractivity contribution in [1.82, 2.24) is 15.1 Å². The van der Waals surface area contributed by atoms with E-state index in [2.05, 4.69) is 5.32 Å². The van der Waals surface area contributed by atoms with Gasteiger partial charge in [0.25, 0.3) is 0 Å². The number of hydrogen-bond acceptors (Lipinski definition) is 6. The fraction of sp³-hybridized carbons (Fsp3) is 0.750. The number of carboxylic acid groups (broad SMARTS) is 1. The van der Waals surface area contributed by atoms with E-state index in [0.29, 0.717) is 38.8 Å². The smallest absolute Gasteiger partial charge is 0.322 e. The van der Waals surface area contributed by atoms with Crippen molar-refractivity contribution in [2.24, 2.45) is 5.73 Å². The van der Waals surface area contributed by atoms with Crippen molar-refractivity contribution in [3.8, 4) is 0 Å². The molecule has 2 fully saturated rings. The Balaban J connectivity index is 2.07. The Kier molecular flexibility index (Phi) is 6.54. The van der Waals surface area contributed by atoms with Gasteiger partial charge in [-0.25, -0.2) is 0 Å². The zero-order valence-electron chi connectivity index (χ0n) is 14.8. The third-order valence-electron chi connectivity index (χ3n) is 4.88. The molecule has 5 N–H and O–H groups in total. The van der Waals surface area contributed by atoms with Crippen LogP contribution in [0.15, 0.2) is 0 Å². The Hall–Kier alpha value is -2.20. The van der Waals surface area contributed by atoms with Crippen LogP contribution >= 0.6 is 0 Å². The summed E-state index contributed by atoms with van der Waals surface area (Å²) in [7, 11) is 0. The van der Waals surface area contributed by atoms with E-state index in [4.69, 9.17) is 10.8 Å². The second-order valence-electron chi connectivity index (χ2n) is 6.76. The van der Waals surface area contributed by atoms with Crippen LogP contribution in [-0.2, 0) is 19.2 Å². The van der Waals surface area contributed by atoms with Crippen LogP contribution in [0, 0.1) is 0 Å². The maximum absolute atomic E-state index is 12.9. The third kappa shape index (κ3) is 4.31. The zero-order chi connectivity index (χ0) is 19.4. The molecule has 10 heteroatoms. The van der Waals surface area contributed by atoms with Gasteiger partial charge in [-0.05, 0) is 32.6 Å². The highest BCUT2D eigenvalue weighted by molar-refractivity contribution is 5.94. The van der Waals surface area contributed by atoms with Gasteiger partial charge in [-0.2, -0.15) is 0 Å². The number of amides is 3. The molecule has 0 radical (unpaired) electrons. The van der Waals surface area contributed by atoms with E-state index in [9.17, 15) is 24.3 Å². The number of carbonyl (C=O) groups excluding carboxylic acids is 3. The van der Waals surface area contributed by atoms with Crippen LogP contribution in [0.5, 0.6) is 0 Å². The van der Waals surface area contributed by atoms with Gasteiger partial charge in [-0.15, -0.1) is 0 Å². The SMILES string of the molecule is CC(O)C(N)C(=O)N1CCCC1C(=O)N1CCCC1C(=O)NCC(=O)O. The van der Waals surface area contributed by atoms with E-state index >= 15 is 0 Å². The molecule has 0 saturated carbocycles. The Labute approximate surface area is 151 Å². The molecule has 0 aromatic heterocycles. The number of aliphatic carboxylic acids is 1. The average molecular weight is 370 g/mol. The van der Waals surface area contributed by atoms with Gasteiger partial charge in [0.2, 0.25) is 17.7 Å². The van der Waals surface area contributed by atoms with Crippen molar-refractivity contribution >= 4 is 23.7 Å². The number of aliphatic hydroxyl groups is 1. The molecule has 0 aromatic carbocycles. The standard InChI is InChI=1S/C16H26N4O6/c1-9(21)13(17)16(26)20-7-3-5-11(20)15(25)19-6-2-4-10(19)14(24)18-8-12(22)23/h9-11,13,21H,2-8,17H2,1H3,(H,18,24)(H,22,23). The number of nitrogens with two attached hydrogens (primary N) is 1. The van der Waals surface area contributed by atoms with Crippen LogP contribution in [-0.4, -0.2) is 87.6 Å². The summed E-state index contributed by atoms with van der Waals surface area (Å²) in [5.74, 6) is -2.48. The molecule has 4 unspecified atom stereocenters. The Bertz CT molecular complexity index is 581. The van der Waals surface area contributed by atoms with Crippen LogP contribution in [0.4, 0.5) is 0 Å². The lowest BCUT2D eigenvalue weighted by Gasteiger charge is -2.32. The summed E-state index contributed by atoms with van der Waals surface area (Å²) >= 11 is 0. The van der Waals surface area contributed by atoms with Gasteiger partial charge in [-0.1, -0.05) is 0 Å². The molecule has 0 aliphatic carbocycles. The summed E-state index contributed by atoms with van der Waals surface area (Å²) < 4.78 is 0. The molecule has 2 rings (SSSR count). The maximum atomic E-state index is 12.9. The van der Waals surface area contributed by atoms with Gasteiger partial charge in [0.1, 0.15) is 24.7 Å². The number of carbonyl (C=O) groups is 4. The molecule has 0 spiro atoms. The largest absolute Gasteiger partial charge is 0.480 e. The first kappa shape index (κ1) is 20.1. The highest BCUT2D eigenvalue weighted by Gasteiger charge is 2.43. The van der Waals surface area contributed by atoms with Crippen LogP contribution in [0.3, 0.4) is 0 Å². The summed E-state index contributed by atoms with van der Waals surface area (Å²) in [4.78, 5) is 51.0. The fourth-order valence-electron chi connectivity index (χ4n) is 3.46. The molecule has 3 amide bonds. The Morgan fingerprint density at radius 1 is 1.12 bits per heavy atom. The first-order valence-electron chi connectivity index (χ1n) is 8.78. The second kappa shape index (κ2) is 8.45. The van der Waals surface area contributed by atoms with Crippen molar-refractivity contribution in [3.05, 3.63) is 0 Å². The summed E-state index contributed by atoms with van der Waals surface area (Å²) in [6.45, 7) is 1.66. The first-order chi connectivity index (χ1) is 12.2. The normalized spacial score (nSPS) is 25.0. The van der Waals surface area contributed by atoms with Crippen LogP contribution in [0.2, 0.25) is 0 Å². The molecule has 10 nitrogen and oxygen atoms in total. The van der Waals surface area contributed by atoms with Crippen molar-refractivity contribution < 1.29 is 29.4 Å². The van der Waals surface area contributed by atoms with Crippen LogP contribution in [0.25, 0.3) is 0 Å². The zero-order valence-corrected chi connectivity index (χ0v) is 14.8. The predicted molar refractivity (Wildman–Crippen MR) is 89.8 cm³/mol. The maximum Gasteiger partial charge on any atom is 0.322 e. The van der Waals surface area contributed by atoms with Gasteiger partial charge in [0, 0.05) is 13.1 Å². The fourth-order valence-corrected chi connectivity index (χ4v) is 3.46. The molecule has 4 atom stereocenters. The van der Waals surface area contributed by atoms with Gasteiger partial charge in [-0.3, -0.25) is 19.2 Å².